The van der Waals surface area contributed by atoms with E-state index in [4.69, 9.17) is 4.74 Å². The molecule has 27 heavy (non-hydrogen) atoms. The third kappa shape index (κ3) is 4.31. The minimum Gasteiger partial charge on any atom is -0.488 e. The van der Waals surface area contributed by atoms with Crippen molar-refractivity contribution < 1.29 is 18.3 Å². The highest BCUT2D eigenvalue weighted by atomic mass is 32.1. The zero-order chi connectivity index (χ0) is 18.8. The second kappa shape index (κ2) is 7.44. The number of amides is 1. The lowest BCUT2D eigenvalue weighted by Crippen LogP contribution is -2.25. The van der Waals surface area contributed by atoms with Crippen molar-refractivity contribution >= 4 is 17.2 Å². The molecule has 138 valence electrons. The van der Waals surface area contributed by atoms with Crippen LogP contribution in [0.5, 0.6) is 5.75 Å². The summed E-state index contributed by atoms with van der Waals surface area (Å²) in [6, 6.07) is 10.8. The van der Waals surface area contributed by atoms with Crippen molar-refractivity contribution in [3.8, 4) is 16.3 Å². The predicted octanol–water partition coefficient (Wildman–Crippen LogP) is 4.56. The maximum absolute atomic E-state index is 13.3. The average Bonchev–Trinajstić information content (AvgIpc) is 3.31. The largest absolute Gasteiger partial charge is 0.488 e. The van der Waals surface area contributed by atoms with Gasteiger partial charge in [0.05, 0.1) is 5.56 Å². The molecular formula is C20H16F2N2O2S. The Morgan fingerprint density at radius 1 is 1.19 bits per heavy atom. The molecule has 0 saturated heterocycles. The van der Waals surface area contributed by atoms with Crippen LogP contribution in [0.15, 0.2) is 47.8 Å². The fraction of sp³-hybridized carbons (Fsp3) is 0.200. The van der Waals surface area contributed by atoms with Crippen LogP contribution in [0, 0.1) is 11.6 Å². The van der Waals surface area contributed by atoms with Gasteiger partial charge >= 0.3 is 0 Å². The Bertz CT molecular complexity index is 965. The van der Waals surface area contributed by atoms with E-state index in [1.165, 1.54) is 23.5 Å². The molecule has 0 atom stereocenters. The van der Waals surface area contributed by atoms with E-state index in [0.29, 0.717) is 22.0 Å². The first-order valence-electron chi connectivity index (χ1n) is 8.52. The number of halogens is 2. The number of ether oxygens (including phenoxy) is 1. The summed E-state index contributed by atoms with van der Waals surface area (Å²) in [6.07, 6.45) is 2.03. The molecule has 7 heteroatoms. The fourth-order valence-electron chi connectivity index (χ4n) is 2.61. The van der Waals surface area contributed by atoms with Crippen LogP contribution in [-0.2, 0) is 6.61 Å². The third-order valence-electron chi connectivity index (χ3n) is 4.08. The van der Waals surface area contributed by atoms with Crippen LogP contribution < -0.4 is 10.1 Å². The minimum absolute atomic E-state index is 0.0199. The zero-order valence-corrected chi connectivity index (χ0v) is 15.1. The SMILES string of the molecule is O=C(NC1CC1)c1csc(-c2ccccc2OCc2cc(F)cc(F)c2)n1. The molecule has 1 aromatic heterocycles. The first-order chi connectivity index (χ1) is 13.1. The number of nitrogens with zero attached hydrogens (tertiary/aromatic N) is 1. The van der Waals surface area contributed by atoms with E-state index in [2.05, 4.69) is 10.3 Å². The number of carbonyl (C=O) groups excluding carboxylic acids is 1. The molecule has 1 aliphatic carbocycles. The Labute approximate surface area is 158 Å². The monoisotopic (exact) mass is 386 g/mol. The highest BCUT2D eigenvalue weighted by Crippen LogP contribution is 2.33. The third-order valence-corrected chi connectivity index (χ3v) is 4.96. The van der Waals surface area contributed by atoms with Gasteiger partial charge in [0.25, 0.3) is 5.91 Å². The number of para-hydroxylation sites is 1. The van der Waals surface area contributed by atoms with Crippen molar-refractivity contribution in [2.45, 2.75) is 25.5 Å². The lowest BCUT2D eigenvalue weighted by Gasteiger charge is -2.10. The molecule has 3 aromatic rings. The van der Waals surface area contributed by atoms with Crippen molar-refractivity contribution in [3.63, 3.8) is 0 Å². The average molecular weight is 386 g/mol. The maximum Gasteiger partial charge on any atom is 0.270 e. The maximum atomic E-state index is 13.3. The second-order valence-electron chi connectivity index (χ2n) is 6.35. The predicted molar refractivity (Wildman–Crippen MR) is 98.7 cm³/mol. The van der Waals surface area contributed by atoms with Gasteiger partial charge in [-0.3, -0.25) is 4.79 Å². The summed E-state index contributed by atoms with van der Waals surface area (Å²) in [5.41, 5.74) is 1.50. The fourth-order valence-corrected chi connectivity index (χ4v) is 3.44. The van der Waals surface area contributed by atoms with E-state index in [9.17, 15) is 13.6 Å². The Balaban J connectivity index is 1.52. The summed E-state index contributed by atoms with van der Waals surface area (Å²) >= 11 is 1.35. The van der Waals surface area contributed by atoms with Crippen LogP contribution >= 0.6 is 11.3 Å². The number of aromatic nitrogens is 1. The summed E-state index contributed by atoms with van der Waals surface area (Å²) in [5, 5.41) is 5.27. The molecule has 0 spiro atoms. The number of benzene rings is 2. The van der Waals surface area contributed by atoms with Crippen molar-refractivity contribution in [2.75, 3.05) is 0 Å². The second-order valence-corrected chi connectivity index (χ2v) is 7.21. The molecule has 0 radical (unpaired) electrons. The Kier molecular flexibility index (Phi) is 4.85. The summed E-state index contributed by atoms with van der Waals surface area (Å²) < 4.78 is 32.4. The van der Waals surface area contributed by atoms with Crippen molar-refractivity contribution in [1.82, 2.24) is 10.3 Å². The van der Waals surface area contributed by atoms with E-state index in [-0.39, 0.29) is 18.6 Å². The molecule has 2 aromatic carbocycles. The van der Waals surface area contributed by atoms with E-state index < -0.39 is 11.6 Å². The van der Waals surface area contributed by atoms with Gasteiger partial charge in [-0.2, -0.15) is 0 Å². The van der Waals surface area contributed by atoms with Crippen LogP contribution in [0.2, 0.25) is 0 Å². The Morgan fingerprint density at radius 3 is 2.67 bits per heavy atom. The molecule has 0 unspecified atom stereocenters. The molecular weight excluding hydrogens is 370 g/mol. The molecule has 1 heterocycles. The summed E-state index contributed by atoms with van der Waals surface area (Å²) in [7, 11) is 0. The zero-order valence-electron chi connectivity index (χ0n) is 14.2. The first kappa shape index (κ1) is 17.6. The smallest absolute Gasteiger partial charge is 0.270 e. The van der Waals surface area contributed by atoms with Gasteiger partial charge in [0.1, 0.15) is 34.7 Å². The van der Waals surface area contributed by atoms with Crippen molar-refractivity contribution in [2.24, 2.45) is 0 Å². The van der Waals surface area contributed by atoms with Crippen LogP contribution in [0.4, 0.5) is 8.78 Å². The topological polar surface area (TPSA) is 51.2 Å². The van der Waals surface area contributed by atoms with Gasteiger partial charge in [-0.05, 0) is 42.7 Å². The van der Waals surface area contributed by atoms with Crippen LogP contribution in [0.25, 0.3) is 10.6 Å². The van der Waals surface area contributed by atoms with Crippen LogP contribution in [-0.4, -0.2) is 16.9 Å². The molecule has 4 rings (SSSR count). The van der Waals surface area contributed by atoms with E-state index >= 15 is 0 Å². The summed E-state index contributed by atoms with van der Waals surface area (Å²) in [5.74, 6) is -0.930. The van der Waals surface area contributed by atoms with Gasteiger partial charge in [0, 0.05) is 17.5 Å². The van der Waals surface area contributed by atoms with Gasteiger partial charge < -0.3 is 10.1 Å². The van der Waals surface area contributed by atoms with Crippen LogP contribution in [0.3, 0.4) is 0 Å². The molecule has 1 saturated carbocycles. The van der Waals surface area contributed by atoms with Gasteiger partial charge in [0.2, 0.25) is 0 Å². The Hall–Kier alpha value is -2.80. The quantitative estimate of drug-likeness (QED) is 0.676. The highest BCUT2D eigenvalue weighted by molar-refractivity contribution is 7.13. The number of nitrogens with one attached hydrogen (secondary N) is 1. The number of rotatable bonds is 6. The molecule has 1 amide bonds. The molecule has 1 aliphatic rings. The van der Waals surface area contributed by atoms with Crippen LogP contribution in [0.1, 0.15) is 28.9 Å². The van der Waals surface area contributed by atoms with E-state index in [1.54, 1.807) is 17.5 Å². The van der Waals surface area contributed by atoms with Crippen molar-refractivity contribution in [1.29, 1.82) is 0 Å². The minimum atomic E-state index is -0.645. The number of hydrogen-bond donors (Lipinski definition) is 1. The van der Waals surface area contributed by atoms with Gasteiger partial charge in [0.15, 0.2) is 0 Å². The molecule has 1 fully saturated rings. The first-order valence-corrected chi connectivity index (χ1v) is 9.40. The molecule has 4 nitrogen and oxygen atoms in total. The Morgan fingerprint density at radius 2 is 1.93 bits per heavy atom. The van der Waals surface area contributed by atoms with Gasteiger partial charge in [-0.25, -0.2) is 13.8 Å². The number of hydrogen-bond acceptors (Lipinski definition) is 4. The van der Waals surface area contributed by atoms with E-state index in [1.807, 2.05) is 12.1 Å². The molecule has 0 bridgehead atoms. The highest BCUT2D eigenvalue weighted by Gasteiger charge is 2.25. The number of carbonyl (C=O) groups is 1. The lowest BCUT2D eigenvalue weighted by atomic mass is 10.2. The van der Waals surface area contributed by atoms with Crippen molar-refractivity contribution in [3.05, 3.63) is 70.7 Å². The summed E-state index contributed by atoms with van der Waals surface area (Å²) in [6.45, 7) is 0.0199. The number of thiazole rings is 1. The van der Waals surface area contributed by atoms with Gasteiger partial charge in [-0.1, -0.05) is 12.1 Å². The standard InChI is InChI=1S/C20H16F2N2O2S/c21-13-7-12(8-14(22)9-13)10-26-18-4-2-1-3-16(18)20-24-17(11-27-20)19(25)23-15-5-6-15/h1-4,7-9,11,15H,5-6,10H2,(H,23,25). The lowest BCUT2D eigenvalue weighted by molar-refractivity contribution is 0.0947. The molecule has 1 N–H and O–H groups in total. The van der Waals surface area contributed by atoms with E-state index in [0.717, 1.165) is 24.5 Å². The molecule has 0 aliphatic heterocycles. The summed E-state index contributed by atoms with van der Waals surface area (Å²) in [4.78, 5) is 16.5. The normalized spacial score (nSPS) is 13.4. The van der Waals surface area contributed by atoms with Gasteiger partial charge in [-0.15, -0.1) is 11.3 Å².